The predicted molar refractivity (Wildman–Crippen MR) is 62.0 cm³/mol. The van der Waals surface area contributed by atoms with Crippen LogP contribution in [0.2, 0.25) is 25.7 Å². The van der Waals surface area contributed by atoms with Crippen molar-refractivity contribution in [1.82, 2.24) is 0 Å². The summed E-state index contributed by atoms with van der Waals surface area (Å²) in [7, 11) is -0.988. The van der Waals surface area contributed by atoms with Crippen LogP contribution in [0.1, 0.15) is 32.6 Å². The van der Waals surface area contributed by atoms with Gasteiger partial charge in [-0.05, 0) is 12.5 Å². The van der Waals surface area contributed by atoms with Gasteiger partial charge in [-0.2, -0.15) is 0 Å². The lowest BCUT2D eigenvalue weighted by atomic mass is 10.1. The van der Waals surface area contributed by atoms with Gasteiger partial charge in [0.25, 0.3) is 0 Å². The van der Waals surface area contributed by atoms with E-state index in [1.54, 1.807) is 0 Å². The minimum absolute atomic E-state index is 0.372. The summed E-state index contributed by atoms with van der Waals surface area (Å²) in [6.45, 7) is 9.37. The highest BCUT2D eigenvalue weighted by molar-refractivity contribution is 6.76. The third kappa shape index (κ3) is 4.58. The van der Waals surface area contributed by atoms with Crippen LogP contribution in [-0.4, -0.2) is 20.3 Å². The van der Waals surface area contributed by atoms with E-state index in [0.29, 0.717) is 12.2 Å². The van der Waals surface area contributed by atoms with Gasteiger partial charge < -0.3 is 0 Å². The molecule has 14 heavy (non-hydrogen) atoms. The molecule has 1 aliphatic rings. The molecule has 1 fully saturated rings. The molecular weight excluding hydrogens is 192 g/mol. The molecule has 1 aliphatic heterocycles. The zero-order valence-electron chi connectivity index (χ0n) is 10.0. The fraction of sp³-hybridized carbons (Fsp3) is 1.00. The molecule has 1 saturated heterocycles. The molecule has 0 bridgehead atoms. The Morgan fingerprint density at radius 3 is 2.36 bits per heavy atom. The molecule has 0 amide bonds. The molecule has 1 rings (SSSR count). The van der Waals surface area contributed by atoms with Crippen molar-refractivity contribution in [2.75, 3.05) is 0 Å². The van der Waals surface area contributed by atoms with Crippen molar-refractivity contribution in [2.45, 2.75) is 70.5 Å². The quantitative estimate of drug-likeness (QED) is 0.516. The normalized spacial score (nSPS) is 28.3. The average Bonchev–Trinajstić information content (AvgIpc) is 2.46. The van der Waals surface area contributed by atoms with E-state index in [4.69, 9.17) is 9.78 Å². The summed E-state index contributed by atoms with van der Waals surface area (Å²) < 4.78 is 0. The molecule has 1 heterocycles. The number of rotatable bonds is 5. The first kappa shape index (κ1) is 12.2. The molecule has 0 aromatic heterocycles. The summed E-state index contributed by atoms with van der Waals surface area (Å²) in [4.78, 5) is 10.7. The molecule has 0 spiro atoms. The standard InChI is InChI=1S/C11H24O2Si/c1-5-6-7-10-8-11(13-12-10)9-14(2,3)4/h10-11H,5-9H2,1-4H3. The summed E-state index contributed by atoms with van der Waals surface area (Å²) in [5.41, 5.74) is 0. The molecule has 0 N–H and O–H groups in total. The highest BCUT2D eigenvalue weighted by Crippen LogP contribution is 2.27. The molecule has 2 atom stereocenters. The molecule has 0 aliphatic carbocycles. The van der Waals surface area contributed by atoms with Crippen LogP contribution in [0.25, 0.3) is 0 Å². The van der Waals surface area contributed by atoms with Gasteiger partial charge in [0, 0.05) is 14.5 Å². The Labute approximate surface area is 88.9 Å². The minimum atomic E-state index is -0.988. The molecule has 2 unspecified atom stereocenters. The summed E-state index contributed by atoms with van der Waals surface area (Å²) in [6, 6.07) is 1.23. The van der Waals surface area contributed by atoms with Crippen LogP contribution in [0.5, 0.6) is 0 Å². The maximum Gasteiger partial charge on any atom is 0.0955 e. The summed E-state index contributed by atoms with van der Waals surface area (Å²) in [6.07, 6.45) is 5.54. The van der Waals surface area contributed by atoms with Gasteiger partial charge in [0.1, 0.15) is 0 Å². The van der Waals surface area contributed by atoms with Crippen molar-refractivity contribution in [3.63, 3.8) is 0 Å². The number of hydrogen-bond donors (Lipinski definition) is 0. The Hall–Kier alpha value is 0.137. The Bertz CT molecular complexity index is 165. The van der Waals surface area contributed by atoms with E-state index < -0.39 is 8.07 Å². The maximum absolute atomic E-state index is 5.37. The lowest BCUT2D eigenvalue weighted by Gasteiger charge is -2.18. The average molecular weight is 216 g/mol. The van der Waals surface area contributed by atoms with Crippen LogP contribution in [0.3, 0.4) is 0 Å². The minimum Gasteiger partial charge on any atom is -0.233 e. The van der Waals surface area contributed by atoms with E-state index in [1.807, 2.05) is 0 Å². The van der Waals surface area contributed by atoms with Crippen LogP contribution in [0.4, 0.5) is 0 Å². The smallest absolute Gasteiger partial charge is 0.0955 e. The Balaban J connectivity index is 2.20. The van der Waals surface area contributed by atoms with Crippen LogP contribution in [0.15, 0.2) is 0 Å². The maximum atomic E-state index is 5.37. The Kier molecular flexibility index (Phi) is 4.61. The fourth-order valence-electron chi connectivity index (χ4n) is 1.93. The molecule has 3 heteroatoms. The zero-order chi connectivity index (χ0) is 10.6. The lowest BCUT2D eigenvalue weighted by molar-refractivity contribution is -0.294. The van der Waals surface area contributed by atoms with Crippen molar-refractivity contribution in [1.29, 1.82) is 0 Å². The first-order valence-corrected chi connectivity index (χ1v) is 9.54. The van der Waals surface area contributed by atoms with Crippen LogP contribution in [-0.2, 0) is 9.78 Å². The molecule has 0 saturated carbocycles. The highest BCUT2D eigenvalue weighted by atomic mass is 28.3. The number of hydrogen-bond acceptors (Lipinski definition) is 2. The summed E-state index contributed by atoms with van der Waals surface area (Å²) >= 11 is 0. The first-order chi connectivity index (χ1) is 6.51. The van der Waals surface area contributed by atoms with Crippen molar-refractivity contribution in [3.05, 3.63) is 0 Å². The van der Waals surface area contributed by atoms with Gasteiger partial charge in [-0.25, -0.2) is 9.78 Å². The van der Waals surface area contributed by atoms with Crippen LogP contribution >= 0.6 is 0 Å². The van der Waals surface area contributed by atoms with Crippen LogP contribution < -0.4 is 0 Å². The first-order valence-electron chi connectivity index (χ1n) is 5.83. The summed E-state index contributed by atoms with van der Waals surface area (Å²) in [5, 5.41) is 0. The van der Waals surface area contributed by atoms with Crippen molar-refractivity contribution >= 4 is 8.07 Å². The number of unbranched alkanes of at least 4 members (excludes halogenated alkanes) is 1. The molecule has 0 radical (unpaired) electrons. The highest BCUT2D eigenvalue weighted by Gasteiger charge is 2.30. The Morgan fingerprint density at radius 2 is 1.79 bits per heavy atom. The monoisotopic (exact) mass is 216 g/mol. The van der Waals surface area contributed by atoms with Crippen molar-refractivity contribution in [2.24, 2.45) is 0 Å². The zero-order valence-corrected chi connectivity index (χ0v) is 11.0. The topological polar surface area (TPSA) is 18.5 Å². The van der Waals surface area contributed by atoms with Gasteiger partial charge >= 0.3 is 0 Å². The third-order valence-corrected chi connectivity index (χ3v) is 4.25. The largest absolute Gasteiger partial charge is 0.233 e. The second-order valence-electron chi connectivity index (χ2n) is 5.58. The molecule has 2 nitrogen and oxygen atoms in total. The predicted octanol–water partition coefficient (Wildman–Crippen LogP) is 3.60. The molecular formula is C11H24O2Si. The van der Waals surface area contributed by atoms with E-state index in [-0.39, 0.29) is 0 Å². The van der Waals surface area contributed by atoms with E-state index in [1.165, 1.54) is 25.3 Å². The SMILES string of the molecule is CCCCC1CC(C[Si](C)(C)C)OO1. The van der Waals surface area contributed by atoms with Gasteiger partial charge in [-0.1, -0.05) is 39.4 Å². The second kappa shape index (κ2) is 5.28. The third-order valence-electron chi connectivity index (χ3n) is 2.57. The molecule has 0 aromatic rings. The molecule has 0 aromatic carbocycles. The summed E-state index contributed by atoms with van der Waals surface area (Å²) in [5.74, 6) is 0. The second-order valence-corrected chi connectivity index (χ2v) is 11.1. The Morgan fingerprint density at radius 1 is 1.14 bits per heavy atom. The van der Waals surface area contributed by atoms with Gasteiger partial charge in [-0.3, -0.25) is 0 Å². The van der Waals surface area contributed by atoms with Gasteiger partial charge in [-0.15, -0.1) is 0 Å². The van der Waals surface area contributed by atoms with E-state index in [9.17, 15) is 0 Å². The van der Waals surface area contributed by atoms with Gasteiger partial charge in [0.2, 0.25) is 0 Å². The van der Waals surface area contributed by atoms with E-state index in [0.717, 1.165) is 6.42 Å². The van der Waals surface area contributed by atoms with E-state index in [2.05, 4.69) is 26.6 Å². The van der Waals surface area contributed by atoms with Gasteiger partial charge in [0.15, 0.2) is 0 Å². The fourth-order valence-corrected chi connectivity index (χ4v) is 3.53. The van der Waals surface area contributed by atoms with Crippen LogP contribution in [0, 0.1) is 0 Å². The van der Waals surface area contributed by atoms with Crippen molar-refractivity contribution in [3.8, 4) is 0 Å². The lowest BCUT2D eigenvalue weighted by Crippen LogP contribution is -2.26. The van der Waals surface area contributed by atoms with E-state index >= 15 is 0 Å². The molecule has 84 valence electrons. The van der Waals surface area contributed by atoms with Gasteiger partial charge in [0.05, 0.1) is 12.2 Å². The van der Waals surface area contributed by atoms with Crippen molar-refractivity contribution < 1.29 is 9.78 Å².